The van der Waals surface area contributed by atoms with Crippen LogP contribution < -0.4 is 11.5 Å². The molecule has 2 atom stereocenters. The molecule has 2 heteroatoms. The van der Waals surface area contributed by atoms with Crippen LogP contribution in [0.5, 0.6) is 0 Å². The first-order chi connectivity index (χ1) is 22.5. The zero-order valence-corrected chi connectivity index (χ0v) is 28.8. The molecule has 0 amide bonds. The quantitative estimate of drug-likeness (QED) is 0.131. The van der Waals surface area contributed by atoms with E-state index < -0.39 is 0 Å². The van der Waals surface area contributed by atoms with Crippen LogP contribution in [0.1, 0.15) is 149 Å². The zero-order chi connectivity index (χ0) is 32.4. The highest BCUT2D eigenvalue weighted by atomic mass is 14.5. The van der Waals surface area contributed by atoms with E-state index in [1.54, 1.807) is 0 Å². The number of nitrogens with two attached hydrogens (primary N) is 2. The molecule has 0 radical (unpaired) electrons. The third-order valence-corrected chi connectivity index (χ3v) is 11.0. The smallest absolute Gasteiger partial charge is 0.0314 e. The van der Waals surface area contributed by atoms with Crippen molar-refractivity contribution in [1.29, 1.82) is 0 Å². The van der Waals surface area contributed by atoms with Gasteiger partial charge in [0.2, 0.25) is 0 Å². The number of benzene rings is 4. The van der Waals surface area contributed by atoms with Gasteiger partial charge < -0.3 is 11.5 Å². The van der Waals surface area contributed by atoms with Crippen LogP contribution in [0.2, 0.25) is 0 Å². The molecule has 244 valence electrons. The molecule has 46 heavy (non-hydrogen) atoms. The van der Waals surface area contributed by atoms with Gasteiger partial charge in [-0.05, 0) is 102 Å². The van der Waals surface area contributed by atoms with Crippen molar-refractivity contribution < 1.29 is 0 Å². The second-order valence-electron chi connectivity index (χ2n) is 14.1. The van der Waals surface area contributed by atoms with Gasteiger partial charge in [0.25, 0.3) is 0 Å². The molecule has 4 aromatic rings. The lowest BCUT2D eigenvalue weighted by Gasteiger charge is -2.42. The van der Waals surface area contributed by atoms with Crippen molar-refractivity contribution in [3.05, 3.63) is 130 Å². The van der Waals surface area contributed by atoms with E-state index in [2.05, 4.69) is 118 Å². The maximum absolute atomic E-state index is 6.05. The predicted molar refractivity (Wildman–Crippen MR) is 200 cm³/mol. The summed E-state index contributed by atoms with van der Waals surface area (Å²) in [7, 11) is 0. The number of rotatable bonds is 15. The molecule has 5 rings (SSSR count). The molecule has 0 heterocycles. The third-order valence-electron chi connectivity index (χ3n) is 11.0. The average molecular weight is 615 g/mol. The average Bonchev–Trinajstić information content (AvgIpc) is 3.10. The second kappa shape index (κ2) is 16.3. The fourth-order valence-electron chi connectivity index (χ4n) is 8.09. The van der Waals surface area contributed by atoms with Gasteiger partial charge in [0.05, 0.1) is 0 Å². The van der Waals surface area contributed by atoms with Crippen molar-refractivity contribution in [1.82, 2.24) is 0 Å². The van der Waals surface area contributed by atoms with E-state index in [0.29, 0.717) is 11.8 Å². The number of hydrogen-bond donors (Lipinski definition) is 2. The molecule has 0 bridgehead atoms. The lowest BCUT2D eigenvalue weighted by atomic mass is 9.62. The van der Waals surface area contributed by atoms with Crippen LogP contribution in [0.3, 0.4) is 0 Å². The molecule has 0 spiro atoms. The monoisotopic (exact) mass is 614 g/mol. The molecule has 0 saturated heterocycles. The molecule has 4 aromatic carbocycles. The summed E-state index contributed by atoms with van der Waals surface area (Å²) < 4.78 is 0. The van der Waals surface area contributed by atoms with Crippen LogP contribution in [0.15, 0.2) is 97.1 Å². The summed E-state index contributed by atoms with van der Waals surface area (Å²) in [5.74, 6) is 1.67. The van der Waals surface area contributed by atoms with Gasteiger partial charge in [0.15, 0.2) is 0 Å². The summed E-state index contributed by atoms with van der Waals surface area (Å²) in [6.45, 7) is 6.90. The van der Waals surface area contributed by atoms with E-state index in [4.69, 9.17) is 11.5 Å². The van der Waals surface area contributed by atoms with Crippen molar-refractivity contribution >= 4 is 11.4 Å². The Bertz CT molecular complexity index is 1340. The lowest BCUT2D eigenvalue weighted by Crippen LogP contribution is -2.33. The fourth-order valence-corrected chi connectivity index (χ4v) is 8.09. The molecule has 0 aliphatic heterocycles. The Hall–Kier alpha value is -3.52. The van der Waals surface area contributed by atoms with Crippen molar-refractivity contribution in [2.45, 2.75) is 121 Å². The van der Waals surface area contributed by atoms with Gasteiger partial charge in [0, 0.05) is 28.6 Å². The third kappa shape index (κ3) is 8.06. The Morgan fingerprint density at radius 2 is 0.870 bits per heavy atom. The highest BCUT2D eigenvalue weighted by Gasteiger charge is 2.38. The Morgan fingerprint density at radius 3 is 1.22 bits per heavy atom. The highest BCUT2D eigenvalue weighted by molar-refractivity contribution is 5.47. The SMILES string of the molecule is CCCCC1CCC(c2ccc(C(CCCC)c3ccc(N)cc3)cc2)(c2ccc(C(CCCC)c3ccc(N)cc3)cc2)CC1. The van der Waals surface area contributed by atoms with Crippen molar-refractivity contribution in [3.63, 3.8) is 0 Å². The molecule has 0 aromatic heterocycles. The van der Waals surface area contributed by atoms with Crippen LogP contribution in [-0.4, -0.2) is 0 Å². The maximum atomic E-state index is 6.05. The Kier molecular flexibility index (Phi) is 12.0. The summed E-state index contributed by atoms with van der Waals surface area (Å²) in [5.41, 5.74) is 22.4. The van der Waals surface area contributed by atoms with E-state index in [0.717, 1.165) is 17.3 Å². The summed E-state index contributed by atoms with van der Waals surface area (Å²) in [6.07, 6.45) is 16.3. The minimum Gasteiger partial charge on any atom is -0.399 e. The van der Waals surface area contributed by atoms with Crippen LogP contribution >= 0.6 is 0 Å². The molecule has 4 N–H and O–H groups in total. The molecule has 1 saturated carbocycles. The molecule has 1 aliphatic carbocycles. The first kappa shape index (κ1) is 33.8. The van der Waals surface area contributed by atoms with Gasteiger partial charge in [-0.1, -0.05) is 139 Å². The van der Waals surface area contributed by atoms with Gasteiger partial charge in [-0.3, -0.25) is 0 Å². The fraction of sp³-hybridized carbons (Fsp3) is 0.455. The van der Waals surface area contributed by atoms with E-state index in [9.17, 15) is 0 Å². The highest BCUT2D eigenvalue weighted by Crippen LogP contribution is 2.48. The van der Waals surface area contributed by atoms with Crippen LogP contribution in [-0.2, 0) is 5.41 Å². The molecular weight excluding hydrogens is 556 g/mol. The number of unbranched alkanes of at least 4 members (excludes halogenated alkanes) is 3. The predicted octanol–water partition coefficient (Wildman–Crippen LogP) is 12.2. The first-order valence-electron chi connectivity index (χ1n) is 18.4. The molecule has 1 fully saturated rings. The van der Waals surface area contributed by atoms with Gasteiger partial charge in [-0.15, -0.1) is 0 Å². The van der Waals surface area contributed by atoms with Crippen LogP contribution in [0.25, 0.3) is 0 Å². The van der Waals surface area contributed by atoms with Crippen molar-refractivity contribution in [2.75, 3.05) is 11.5 Å². The minimum absolute atomic E-state index is 0.0694. The molecule has 2 nitrogen and oxygen atoms in total. The van der Waals surface area contributed by atoms with Crippen molar-refractivity contribution in [3.8, 4) is 0 Å². The van der Waals surface area contributed by atoms with E-state index in [1.165, 1.54) is 117 Å². The summed E-state index contributed by atoms with van der Waals surface area (Å²) in [6, 6.07) is 36.8. The van der Waals surface area contributed by atoms with Gasteiger partial charge in [-0.25, -0.2) is 0 Å². The normalized spacial score (nSPS) is 19.5. The zero-order valence-electron chi connectivity index (χ0n) is 28.8. The van der Waals surface area contributed by atoms with Gasteiger partial charge in [0.1, 0.15) is 0 Å². The standard InChI is InChI=1S/C44H58N2/c1-4-7-10-33-29-31-44(32-30-33,38-21-13-34(14-22-38)42(11-8-5-2)36-17-25-40(45)26-18-36)39-23-15-35(16-24-39)43(12-9-6-3)37-19-27-41(46)28-20-37/h13-28,33,42-43H,4-12,29-32,45-46H2,1-3H3. The topological polar surface area (TPSA) is 52.0 Å². The van der Waals surface area contributed by atoms with Gasteiger partial charge in [-0.2, -0.15) is 0 Å². The Balaban J connectivity index is 1.47. The molecular formula is C44H58N2. The second-order valence-corrected chi connectivity index (χ2v) is 14.1. The maximum Gasteiger partial charge on any atom is 0.0314 e. The largest absolute Gasteiger partial charge is 0.399 e. The first-order valence-corrected chi connectivity index (χ1v) is 18.4. The van der Waals surface area contributed by atoms with E-state index in [1.807, 2.05) is 0 Å². The number of hydrogen-bond acceptors (Lipinski definition) is 2. The number of anilines is 2. The van der Waals surface area contributed by atoms with Crippen LogP contribution in [0, 0.1) is 5.92 Å². The van der Waals surface area contributed by atoms with Crippen molar-refractivity contribution in [2.24, 2.45) is 5.92 Å². The minimum atomic E-state index is 0.0694. The molecule has 2 unspecified atom stereocenters. The summed E-state index contributed by atoms with van der Waals surface area (Å²) >= 11 is 0. The molecule has 1 aliphatic rings. The lowest BCUT2D eigenvalue weighted by molar-refractivity contribution is 0.251. The van der Waals surface area contributed by atoms with Crippen LogP contribution in [0.4, 0.5) is 11.4 Å². The Labute approximate surface area is 280 Å². The van der Waals surface area contributed by atoms with E-state index >= 15 is 0 Å². The van der Waals surface area contributed by atoms with Gasteiger partial charge >= 0.3 is 0 Å². The number of nitrogen functional groups attached to an aromatic ring is 2. The van der Waals surface area contributed by atoms with E-state index in [-0.39, 0.29) is 5.41 Å². The summed E-state index contributed by atoms with van der Waals surface area (Å²) in [5, 5.41) is 0. The summed E-state index contributed by atoms with van der Waals surface area (Å²) in [4.78, 5) is 0. The Morgan fingerprint density at radius 1 is 0.522 bits per heavy atom.